The van der Waals surface area contributed by atoms with Gasteiger partial charge in [0.25, 0.3) is 0 Å². The Balaban J connectivity index is 1.74. The van der Waals surface area contributed by atoms with Crippen molar-refractivity contribution < 1.29 is 18.4 Å². The van der Waals surface area contributed by atoms with Gasteiger partial charge in [-0.1, -0.05) is 0 Å². The van der Waals surface area contributed by atoms with Crippen molar-refractivity contribution >= 4 is 6.09 Å². The van der Waals surface area contributed by atoms with E-state index < -0.39 is 11.7 Å². The van der Waals surface area contributed by atoms with Crippen LogP contribution < -0.4 is 5.32 Å². The number of ether oxygens (including phenoxy) is 1. The number of hydrogen-bond donors (Lipinski definition) is 1. The van der Waals surface area contributed by atoms with Crippen molar-refractivity contribution in [2.75, 3.05) is 0 Å². The first kappa shape index (κ1) is 16.8. The molecule has 0 saturated carbocycles. The molecule has 1 N–H and O–H groups in total. The Hall–Kier alpha value is -3.02. The molecule has 0 unspecified atom stereocenters. The monoisotopic (exact) mass is 340 g/mol. The smallest absolute Gasteiger partial charge is 0.408 e. The number of alkyl carbamates (subject to hydrolysis) is 1. The summed E-state index contributed by atoms with van der Waals surface area (Å²) in [5, 5.41) is 2.68. The second-order valence-electron chi connectivity index (χ2n) is 6.55. The van der Waals surface area contributed by atoms with Gasteiger partial charge in [-0.05, 0) is 50.6 Å². The summed E-state index contributed by atoms with van der Waals surface area (Å²) in [6, 6.07) is 7.46. The van der Waals surface area contributed by atoms with Gasteiger partial charge in [0.05, 0.1) is 19.1 Å². The third-order valence-corrected chi connectivity index (χ3v) is 3.39. The zero-order valence-corrected chi connectivity index (χ0v) is 14.4. The summed E-state index contributed by atoms with van der Waals surface area (Å²) in [5.41, 5.74) is 2.23. The lowest BCUT2D eigenvalue weighted by molar-refractivity contribution is 0.0520. The first-order chi connectivity index (χ1) is 11.9. The van der Waals surface area contributed by atoms with Crippen LogP contribution in [0, 0.1) is 0 Å². The van der Waals surface area contributed by atoms with Crippen LogP contribution in [0.1, 0.15) is 26.5 Å². The predicted molar refractivity (Wildman–Crippen MR) is 92.7 cm³/mol. The molecule has 0 aliphatic heterocycles. The van der Waals surface area contributed by atoms with Crippen LogP contribution in [0.2, 0.25) is 0 Å². The maximum absolute atomic E-state index is 11.7. The largest absolute Gasteiger partial charge is 0.472 e. The summed E-state index contributed by atoms with van der Waals surface area (Å²) in [5.74, 6) is 1.30. The lowest BCUT2D eigenvalue weighted by atomic mass is 10.0. The number of amides is 1. The van der Waals surface area contributed by atoms with Gasteiger partial charge in [0.15, 0.2) is 0 Å². The first-order valence-corrected chi connectivity index (χ1v) is 7.95. The van der Waals surface area contributed by atoms with E-state index in [9.17, 15) is 4.79 Å². The molecule has 130 valence electrons. The minimum atomic E-state index is -0.534. The molecule has 1 amide bonds. The minimum Gasteiger partial charge on any atom is -0.472 e. The fraction of sp³-hybridized carbons (Fsp3) is 0.263. The van der Waals surface area contributed by atoms with Crippen LogP contribution >= 0.6 is 0 Å². The van der Waals surface area contributed by atoms with Crippen molar-refractivity contribution in [2.24, 2.45) is 0 Å². The van der Waals surface area contributed by atoms with Gasteiger partial charge in [-0.25, -0.2) is 4.79 Å². The molecule has 3 heterocycles. The summed E-state index contributed by atoms with van der Waals surface area (Å²) < 4.78 is 16.2. The van der Waals surface area contributed by atoms with Gasteiger partial charge in [0, 0.05) is 23.5 Å². The molecular formula is C19H20N2O4. The van der Waals surface area contributed by atoms with Crippen LogP contribution in [0.3, 0.4) is 0 Å². The number of hydrogen-bond acceptors (Lipinski definition) is 5. The van der Waals surface area contributed by atoms with Crippen molar-refractivity contribution in [3.8, 4) is 22.5 Å². The van der Waals surface area contributed by atoms with Crippen LogP contribution in [-0.4, -0.2) is 16.7 Å². The van der Waals surface area contributed by atoms with E-state index in [0.29, 0.717) is 11.5 Å². The zero-order valence-electron chi connectivity index (χ0n) is 14.4. The van der Waals surface area contributed by atoms with Gasteiger partial charge in [0.2, 0.25) is 0 Å². The molecular weight excluding hydrogens is 320 g/mol. The Labute approximate surface area is 145 Å². The van der Waals surface area contributed by atoms with Crippen LogP contribution in [0.25, 0.3) is 22.5 Å². The SMILES string of the molecule is CC(C)(C)OC(=O)NCc1ccc(-c2cnccc2-c2ccoc2)o1. The van der Waals surface area contributed by atoms with E-state index in [1.807, 2.05) is 45.0 Å². The average Bonchev–Trinajstić information content (AvgIpc) is 3.23. The van der Waals surface area contributed by atoms with Gasteiger partial charge in [0.1, 0.15) is 17.1 Å². The highest BCUT2D eigenvalue weighted by molar-refractivity contribution is 5.80. The van der Waals surface area contributed by atoms with Crippen molar-refractivity contribution in [1.82, 2.24) is 10.3 Å². The molecule has 0 bridgehead atoms. The molecule has 0 radical (unpaired) electrons. The summed E-state index contributed by atoms with van der Waals surface area (Å²) in [6.07, 6.45) is 6.28. The van der Waals surface area contributed by atoms with Crippen molar-refractivity contribution in [3.63, 3.8) is 0 Å². The normalized spacial score (nSPS) is 11.3. The number of aromatic nitrogens is 1. The van der Waals surface area contributed by atoms with Crippen LogP contribution in [-0.2, 0) is 11.3 Å². The number of nitrogens with zero attached hydrogens (tertiary/aromatic N) is 1. The van der Waals surface area contributed by atoms with E-state index in [1.54, 1.807) is 24.9 Å². The van der Waals surface area contributed by atoms with E-state index >= 15 is 0 Å². The van der Waals surface area contributed by atoms with Crippen LogP contribution in [0.4, 0.5) is 4.79 Å². The maximum atomic E-state index is 11.7. The van der Waals surface area contributed by atoms with E-state index in [2.05, 4.69) is 10.3 Å². The molecule has 3 rings (SSSR count). The highest BCUT2D eigenvalue weighted by atomic mass is 16.6. The molecule has 3 aromatic rings. The molecule has 0 aromatic carbocycles. The summed E-state index contributed by atoms with van der Waals surface area (Å²) in [6.45, 7) is 5.70. The van der Waals surface area contributed by atoms with Crippen molar-refractivity contribution in [3.05, 3.63) is 54.9 Å². The van der Waals surface area contributed by atoms with Crippen molar-refractivity contribution in [1.29, 1.82) is 0 Å². The highest BCUT2D eigenvalue weighted by Gasteiger charge is 2.17. The third-order valence-electron chi connectivity index (χ3n) is 3.39. The topological polar surface area (TPSA) is 77.5 Å². The maximum Gasteiger partial charge on any atom is 0.408 e. The summed E-state index contributed by atoms with van der Waals surface area (Å²) in [4.78, 5) is 15.9. The molecule has 0 fully saturated rings. The lowest BCUT2D eigenvalue weighted by Gasteiger charge is -2.19. The number of carbonyl (C=O) groups excluding carboxylic acids is 1. The average molecular weight is 340 g/mol. The fourth-order valence-electron chi connectivity index (χ4n) is 2.35. The molecule has 3 aromatic heterocycles. The Kier molecular flexibility index (Phi) is 4.61. The quantitative estimate of drug-likeness (QED) is 0.749. The van der Waals surface area contributed by atoms with E-state index in [-0.39, 0.29) is 6.54 Å². The number of carbonyl (C=O) groups is 1. The Bertz CT molecular complexity index is 844. The van der Waals surface area contributed by atoms with Crippen LogP contribution in [0.15, 0.2) is 58.0 Å². The molecule has 0 aliphatic rings. The third kappa shape index (κ3) is 4.29. The van der Waals surface area contributed by atoms with Gasteiger partial charge in [-0.3, -0.25) is 4.98 Å². The highest BCUT2D eigenvalue weighted by Crippen LogP contribution is 2.32. The summed E-state index contributed by atoms with van der Waals surface area (Å²) >= 11 is 0. The standard InChI is InChI=1S/C19H20N2O4/c1-19(2,3)25-18(22)21-10-14-4-5-17(24-14)16-11-20-8-6-15(16)13-7-9-23-12-13/h4-9,11-12H,10H2,1-3H3,(H,21,22). The molecule has 0 aliphatic carbocycles. The zero-order chi connectivity index (χ0) is 17.9. The molecule has 6 heteroatoms. The van der Waals surface area contributed by atoms with E-state index in [0.717, 1.165) is 16.7 Å². The molecule has 25 heavy (non-hydrogen) atoms. The second kappa shape index (κ2) is 6.84. The van der Waals surface area contributed by atoms with Crippen LogP contribution in [0.5, 0.6) is 0 Å². The summed E-state index contributed by atoms with van der Waals surface area (Å²) in [7, 11) is 0. The second-order valence-corrected chi connectivity index (χ2v) is 6.55. The molecule has 0 saturated heterocycles. The predicted octanol–water partition coefficient (Wildman–Crippen LogP) is 4.63. The molecule has 0 atom stereocenters. The van der Waals surface area contributed by atoms with Gasteiger partial charge in [-0.15, -0.1) is 0 Å². The fourth-order valence-corrected chi connectivity index (χ4v) is 2.35. The van der Waals surface area contributed by atoms with E-state index in [4.69, 9.17) is 13.6 Å². The van der Waals surface area contributed by atoms with E-state index in [1.165, 1.54) is 0 Å². The number of furan rings is 2. The minimum absolute atomic E-state index is 0.246. The first-order valence-electron chi connectivity index (χ1n) is 7.95. The Morgan fingerprint density at radius 3 is 2.76 bits per heavy atom. The lowest BCUT2D eigenvalue weighted by Crippen LogP contribution is -2.32. The van der Waals surface area contributed by atoms with Crippen molar-refractivity contribution in [2.45, 2.75) is 32.9 Å². The number of nitrogens with one attached hydrogen (secondary N) is 1. The van der Waals surface area contributed by atoms with Gasteiger partial charge in [-0.2, -0.15) is 0 Å². The Morgan fingerprint density at radius 1 is 1.20 bits per heavy atom. The molecule has 0 spiro atoms. The number of rotatable bonds is 4. The number of pyridine rings is 1. The molecule has 6 nitrogen and oxygen atoms in total. The van der Waals surface area contributed by atoms with Gasteiger partial charge >= 0.3 is 6.09 Å². The van der Waals surface area contributed by atoms with Gasteiger partial charge < -0.3 is 18.9 Å². The Morgan fingerprint density at radius 2 is 2.04 bits per heavy atom.